The summed E-state index contributed by atoms with van der Waals surface area (Å²) in [5.74, 6) is -1.49. The van der Waals surface area contributed by atoms with Gasteiger partial charge in [0.1, 0.15) is 12.2 Å². The topological polar surface area (TPSA) is 75.7 Å². The molecule has 0 aliphatic carbocycles. The number of rotatable bonds is 5. The minimum atomic E-state index is -0.886. The van der Waals surface area contributed by atoms with Gasteiger partial charge in [0, 0.05) is 20.6 Å². The van der Waals surface area contributed by atoms with Crippen LogP contribution in [-0.2, 0) is 16.2 Å². The maximum atomic E-state index is 13.1. The van der Waals surface area contributed by atoms with E-state index in [1.54, 1.807) is 37.3 Å². The molecule has 1 saturated heterocycles. The van der Waals surface area contributed by atoms with Gasteiger partial charge in [-0.15, -0.1) is 0 Å². The molecule has 1 fully saturated rings. The number of anilines is 1. The molecule has 0 radical (unpaired) electrons. The summed E-state index contributed by atoms with van der Waals surface area (Å²) in [5, 5.41) is 3.71. The Hall–Kier alpha value is -2.74. The highest BCUT2D eigenvalue weighted by molar-refractivity contribution is 6.40. The summed E-state index contributed by atoms with van der Waals surface area (Å²) in [6, 6.07) is 11.7. The standard InChI is InChI=1S/C25H15Cl5N2O4/c1-12-2-5-16(10-18(12)27)32-24(34)17(23(33)31-25(32)35)6-13-7-20(29)22(21(30)8-13)36-11-14-3-4-15(26)9-19(14)28/h2-10H,11H2,1H3,(H,31,33,35)/b17-6-. The van der Waals surface area contributed by atoms with Gasteiger partial charge in [-0.2, -0.15) is 0 Å². The average molecular weight is 585 g/mol. The molecular formula is C25H15Cl5N2O4. The molecule has 1 aliphatic heterocycles. The highest BCUT2D eigenvalue weighted by Crippen LogP contribution is 2.36. The molecule has 0 bridgehead atoms. The van der Waals surface area contributed by atoms with E-state index in [9.17, 15) is 14.4 Å². The number of imide groups is 2. The van der Waals surface area contributed by atoms with Gasteiger partial charge < -0.3 is 4.74 Å². The first-order valence-electron chi connectivity index (χ1n) is 10.3. The fourth-order valence-corrected chi connectivity index (χ4v) is 4.62. The Balaban J connectivity index is 1.61. The van der Waals surface area contributed by atoms with Gasteiger partial charge in [-0.25, -0.2) is 9.69 Å². The lowest BCUT2D eigenvalue weighted by atomic mass is 10.1. The third kappa shape index (κ3) is 5.48. The zero-order valence-corrected chi connectivity index (χ0v) is 22.2. The molecule has 4 rings (SSSR count). The molecule has 1 heterocycles. The number of hydrogen-bond donors (Lipinski definition) is 1. The van der Waals surface area contributed by atoms with Crippen LogP contribution in [0, 0.1) is 6.92 Å². The van der Waals surface area contributed by atoms with E-state index >= 15 is 0 Å². The van der Waals surface area contributed by atoms with Crippen LogP contribution in [0.5, 0.6) is 5.75 Å². The Kier molecular flexibility index (Phi) is 7.83. The van der Waals surface area contributed by atoms with Gasteiger partial charge in [-0.3, -0.25) is 14.9 Å². The van der Waals surface area contributed by atoms with Gasteiger partial charge in [-0.1, -0.05) is 70.1 Å². The van der Waals surface area contributed by atoms with Crippen molar-refractivity contribution >= 4 is 87.6 Å². The number of ether oxygens (including phenoxy) is 1. The number of aryl methyl sites for hydroxylation is 1. The van der Waals surface area contributed by atoms with E-state index in [2.05, 4.69) is 5.32 Å². The number of carbonyl (C=O) groups excluding carboxylic acids is 3. The highest BCUT2D eigenvalue weighted by Gasteiger charge is 2.37. The molecule has 184 valence electrons. The van der Waals surface area contributed by atoms with E-state index in [0.29, 0.717) is 26.2 Å². The number of nitrogens with one attached hydrogen (secondary N) is 1. The molecule has 0 spiro atoms. The predicted molar refractivity (Wildman–Crippen MR) is 142 cm³/mol. The first-order valence-corrected chi connectivity index (χ1v) is 12.2. The van der Waals surface area contributed by atoms with Crippen molar-refractivity contribution in [2.45, 2.75) is 13.5 Å². The second-order valence-electron chi connectivity index (χ2n) is 7.73. The van der Waals surface area contributed by atoms with Crippen LogP contribution in [0.2, 0.25) is 25.1 Å². The van der Waals surface area contributed by atoms with Crippen LogP contribution in [0.15, 0.2) is 54.1 Å². The van der Waals surface area contributed by atoms with Crippen molar-refractivity contribution in [3.63, 3.8) is 0 Å². The lowest BCUT2D eigenvalue weighted by Gasteiger charge is -2.26. The molecule has 1 N–H and O–H groups in total. The monoisotopic (exact) mass is 582 g/mol. The molecule has 3 aromatic rings. The molecule has 1 aliphatic rings. The molecule has 6 nitrogen and oxygen atoms in total. The molecule has 3 aromatic carbocycles. The number of benzene rings is 3. The second kappa shape index (κ2) is 10.7. The largest absolute Gasteiger partial charge is 0.486 e. The van der Waals surface area contributed by atoms with Gasteiger partial charge in [0.25, 0.3) is 11.8 Å². The molecule has 36 heavy (non-hydrogen) atoms. The summed E-state index contributed by atoms with van der Waals surface area (Å²) < 4.78 is 5.75. The van der Waals surface area contributed by atoms with Crippen molar-refractivity contribution in [1.82, 2.24) is 5.32 Å². The van der Waals surface area contributed by atoms with Crippen molar-refractivity contribution in [2.24, 2.45) is 0 Å². The first kappa shape index (κ1) is 26.3. The van der Waals surface area contributed by atoms with Crippen molar-refractivity contribution in [1.29, 1.82) is 0 Å². The van der Waals surface area contributed by atoms with E-state index in [1.807, 2.05) is 0 Å². The SMILES string of the molecule is Cc1ccc(N2C(=O)NC(=O)/C(=C/c3cc(Cl)c(OCc4ccc(Cl)cc4Cl)c(Cl)c3)C2=O)cc1Cl. The second-order valence-corrected chi connectivity index (χ2v) is 9.79. The Morgan fingerprint density at radius 2 is 1.56 bits per heavy atom. The molecule has 0 unspecified atom stereocenters. The van der Waals surface area contributed by atoms with E-state index in [4.69, 9.17) is 62.7 Å². The number of amides is 4. The number of urea groups is 1. The average Bonchev–Trinajstić information content (AvgIpc) is 2.79. The van der Waals surface area contributed by atoms with E-state index in [0.717, 1.165) is 10.5 Å². The van der Waals surface area contributed by atoms with Crippen LogP contribution < -0.4 is 15.0 Å². The number of nitrogens with zero attached hydrogens (tertiary/aromatic N) is 1. The summed E-state index contributed by atoms with van der Waals surface area (Å²) in [7, 11) is 0. The van der Waals surface area contributed by atoms with Crippen molar-refractivity contribution < 1.29 is 19.1 Å². The lowest BCUT2D eigenvalue weighted by molar-refractivity contribution is -0.122. The Morgan fingerprint density at radius 1 is 0.861 bits per heavy atom. The Labute approximate surface area is 231 Å². The predicted octanol–water partition coefficient (Wildman–Crippen LogP) is 7.51. The van der Waals surface area contributed by atoms with Crippen LogP contribution in [0.3, 0.4) is 0 Å². The van der Waals surface area contributed by atoms with Crippen molar-refractivity contribution in [2.75, 3.05) is 4.90 Å². The van der Waals surface area contributed by atoms with Crippen LogP contribution in [0.4, 0.5) is 10.5 Å². The number of hydrogen-bond acceptors (Lipinski definition) is 4. The van der Waals surface area contributed by atoms with Gasteiger partial charge in [0.05, 0.1) is 15.7 Å². The number of halogens is 5. The van der Waals surface area contributed by atoms with Gasteiger partial charge in [0.2, 0.25) is 0 Å². The first-order chi connectivity index (χ1) is 17.0. The molecular weight excluding hydrogens is 570 g/mol. The zero-order valence-electron chi connectivity index (χ0n) is 18.4. The molecule has 11 heteroatoms. The Bertz CT molecular complexity index is 1430. The quantitative estimate of drug-likeness (QED) is 0.249. The van der Waals surface area contributed by atoms with Gasteiger partial charge in [0.15, 0.2) is 5.75 Å². The summed E-state index contributed by atoms with van der Waals surface area (Å²) in [5.41, 5.74) is 1.70. The summed E-state index contributed by atoms with van der Waals surface area (Å²) in [6.45, 7) is 1.86. The maximum Gasteiger partial charge on any atom is 0.335 e. The minimum absolute atomic E-state index is 0.0763. The van der Waals surface area contributed by atoms with Crippen LogP contribution in [0.25, 0.3) is 6.08 Å². The summed E-state index contributed by atoms with van der Waals surface area (Å²) >= 11 is 31.0. The maximum absolute atomic E-state index is 13.1. The fourth-order valence-electron chi connectivity index (χ4n) is 3.37. The lowest BCUT2D eigenvalue weighted by Crippen LogP contribution is -2.54. The minimum Gasteiger partial charge on any atom is -0.486 e. The third-order valence-corrected chi connectivity index (χ3v) is 6.79. The molecule has 0 atom stereocenters. The molecule has 0 aromatic heterocycles. The normalized spacial score (nSPS) is 14.9. The van der Waals surface area contributed by atoms with Crippen LogP contribution in [0.1, 0.15) is 16.7 Å². The number of carbonyl (C=O) groups is 3. The molecule has 0 saturated carbocycles. The summed E-state index contributed by atoms with van der Waals surface area (Å²) in [6.07, 6.45) is 1.28. The van der Waals surface area contributed by atoms with Gasteiger partial charge in [-0.05, 0) is 60.5 Å². The van der Waals surface area contributed by atoms with Crippen LogP contribution >= 0.6 is 58.0 Å². The third-order valence-electron chi connectivity index (χ3n) is 5.23. The fraction of sp³-hybridized carbons (Fsp3) is 0.0800. The highest BCUT2D eigenvalue weighted by atomic mass is 35.5. The van der Waals surface area contributed by atoms with E-state index < -0.39 is 17.8 Å². The molecule has 4 amide bonds. The van der Waals surface area contributed by atoms with Crippen LogP contribution in [-0.4, -0.2) is 17.8 Å². The van der Waals surface area contributed by atoms with Gasteiger partial charge >= 0.3 is 6.03 Å². The van der Waals surface area contributed by atoms with Crippen molar-refractivity contribution in [3.8, 4) is 5.75 Å². The smallest absolute Gasteiger partial charge is 0.335 e. The Morgan fingerprint density at radius 3 is 2.19 bits per heavy atom. The zero-order chi connectivity index (χ0) is 26.1. The number of barbiturate groups is 1. The van der Waals surface area contributed by atoms with E-state index in [1.165, 1.54) is 24.3 Å². The van der Waals surface area contributed by atoms with Crippen molar-refractivity contribution in [3.05, 3.63) is 95.9 Å². The summed E-state index contributed by atoms with van der Waals surface area (Å²) in [4.78, 5) is 38.9. The van der Waals surface area contributed by atoms with E-state index in [-0.39, 0.29) is 33.7 Å².